The molecule has 0 radical (unpaired) electrons. The molecule has 3 heterocycles. The number of ether oxygens (including phenoxy) is 1. The van der Waals surface area contributed by atoms with Gasteiger partial charge in [0.1, 0.15) is 5.75 Å². The SMILES string of the molecule is COc1ccccc1-c1nc(Nc2ccncc2)c2c(n1)=NSC=CN=2. The molecule has 4 rings (SSSR count). The van der Waals surface area contributed by atoms with Gasteiger partial charge in [0.15, 0.2) is 22.5 Å². The third kappa shape index (κ3) is 3.27. The summed E-state index contributed by atoms with van der Waals surface area (Å²) in [5.41, 5.74) is 2.14. The number of anilines is 2. The molecule has 0 amide bonds. The number of nitrogens with zero attached hydrogens (tertiary/aromatic N) is 5. The lowest BCUT2D eigenvalue weighted by atomic mass is 10.2. The number of benzene rings is 1. The van der Waals surface area contributed by atoms with Gasteiger partial charge in [0.05, 0.1) is 12.7 Å². The van der Waals surface area contributed by atoms with Gasteiger partial charge in [-0.15, -0.1) is 0 Å². The smallest absolute Gasteiger partial charge is 0.192 e. The van der Waals surface area contributed by atoms with E-state index >= 15 is 0 Å². The number of hydrogen-bond acceptors (Lipinski definition) is 8. The van der Waals surface area contributed by atoms with Crippen LogP contribution in [-0.4, -0.2) is 22.1 Å². The maximum absolute atomic E-state index is 5.45. The summed E-state index contributed by atoms with van der Waals surface area (Å²) in [6.45, 7) is 0. The average molecular weight is 362 g/mol. The van der Waals surface area contributed by atoms with E-state index in [1.165, 1.54) is 11.9 Å². The molecule has 0 aliphatic carbocycles. The van der Waals surface area contributed by atoms with Crippen LogP contribution in [0.2, 0.25) is 0 Å². The van der Waals surface area contributed by atoms with Crippen LogP contribution in [-0.2, 0) is 0 Å². The molecule has 1 aliphatic rings. The Morgan fingerprint density at radius 2 is 1.88 bits per heavy atom. The predicted octanol–water partition coefficient (Wildman–Crippen LogP) is 2.66. The van der Waals surface area contributed by atoms with E-state index < -0.39 is 0 Å². The molecule has 1 N–H and O–H groups in total. The van der Waals surface area contributed by atoms with Crippen LogP contribution >= 0.6 is 11.9 Å². The molecule has 0 saturated carbocycles. The molecule has 0 bridgehead atoms. The summed E-state index contributed by atoms with van der Waals surface area (Å²) in [6.07, 6.45) is 5.10. The van der Waals surface area contributed by atoms with E-state index in [4.69, 9.17) is 4.74 Å². The Balaban J connectivity index is 1.92. The molecule has 1 aliphatic heterocycles. The van der Waals surface area contributed by atoms with Crippen molar-refractivity contribution in [3.8, 4) is 17.1 Å². The third-order valence-corrected chi connectivity index (χ3v) is 4.14. The topological polar surface area (TPSA) is 84.6 Å². The fourth-order valence-electron chi connectivity index (χ4n) is 2.45. The molecule has 0 saturated heterocycles. The van der Waals surface area contributed by atoms with Gasteiger partial charge < -0.3 is 10.1 Å². The fourth-order valence-corrected chi connectivity index (χ4v) is 2.85. The number of pyridine rings is 1. The van der Waals surface area contributed by atoms with Gasteiger partial charge in [-0.25, -0.2) is 15.0 Å². The van der Waals surface area contributed by atoms with Crippen molar-refractivity contribution in [2.75, 3.05) is 12.4 Å². The van der Waals surface area contributed by atoms with Crippen LogP contribution in [0.1, 0.15) is 0 Å². The lowest BCUT2D eigenvalue weighted by Crippen LogP contribution is -2.32. The Bertz CT molecular complexity index is 1080. The van der Waals surface area contributed by atoms with Crippen LogP contribution < -0.4 is 20.9 Å². The minimum atomic E-state index is 0.507. The Morgan fingerprint density at radius 1 is 1.04 bits per heavy atom. The quantitative estimate of drug-likeness (QED) is 0.718. The van der Waals surface area contributed by atoms with Crippen molar-refractivity contribution in [1.29, 1.82) is 0 Å². The average Bonchev–Trinajstić information content (AvgIpc) is 2.94. The second-order valence-corrected chi connectivity index (χ2v) is 5.91. The second-order valence-electron chi connectivity index (χ2n) is 5.24. The van der Waals surface area contributed by atoms with Crippen molar-refractivity contribution in [3.05, 3.63) is 71.2 Å². The zero-order valence-corrected chi connectivity index (χ0v) is 14.6. The van der Waals surface area contributed by atoms with Crippen molar-refractivity contribution in [2.24, 2.45) is 9.39 Å². The van der Waals surface area contributed by atoms with Crippen molar-refractivity contribution in [2.45, 2.75) is 0 Å². The molecule has 0 atom stereocenters. The lowest BCUT2D eigenvalue weighted by molar-refractivity contribution is 0.416. The zero-order chi connectivity index (χ0) is 17.8. The molecule has 3 aromatic rings. The Kier molecular flexibility index (Phi) is 4.57. The highest BCUT2D eigenvalue weighted by atomic mass is 32.2. The molecular formula is C18H14N6OS. The maximum atomic E-state index is 5.45. The van der Waals surface area contributed by atoms with Gasteiger partial charge in [0, 0.05) is 41.6 Å². The van der Waals surface area contributed by atoms with Crippen molar-refractivity contribution >= 4 is 23.5 Å². The van der Waals surface area contributed by atoms with Gasteiger partial charge >= 0.3 is 0 Å². The first-order chi connectivity index (χ1) is 12.8. The number of methoxy groups -OCH3 is 1. The third-order valence-electron chi connectivity index (χ3n) is 3.62. The van der Waals surface area contributed by atoms with E-state index in [0.29, 0.717) is 28.2 Å². The number of aromatic nitrogens is 3. The first kappa shape index (κ1) is 16.2. The Hall–Kier alpha value is -3.26. The number of rotatable bonds is 4. The summed E-state index contributed by atoms with van der Waals surface area (Å²) in [4.78, 5) is 17.7. The highest BCUT2D eigenvalue weighted by Gasteiger charge is 2.13. The van der Waals surface area contributed by atoms with Crippen LogP contribution in [0.5, 0.6) is 5.75 Å². The van der Waals surface area contributed by atoms with Gasteiger partial charge in [0.25, 0.3) is 0 Å². The normalized spacial score (nSPS) is 12.3. The minimum absolute atomic E-state index is 0.507. The van der Waals surface area contributed by atoms with Gasteiger partial charge in [-0.2, -0.15) is 4.40 Å². The molecular weight excluding hydrogens is 348 g/mol. The van der Waals surface area contributed by atoms with Crippen LogP contribution in [0.3, 0.4) is 0 Å². The summed E-state index contributed by atoms with van der Waals surface area (Å²) >= 11 is 1.28. The summed E-state index contributed by atoms with van der Waals surface area (Å²) in [5.74, 6) is 1.77. The Morgan fingerprint density at radius 3 is 2.73 bits per heavy atom. The maximum Gasteiger partial charge on any atom is 0.192 e. The van der Waals surface area contributed by atoms with Crippen molar-refractivity contribution in [1.82, 2.24) is 15.0 Å². The molecule has 0 unspecified atom stereocenters. The first-order valence-electron chi connectivity index (χ1n) is 7.80. The molecule has 2 aromatic heterocycles. The molecule has 8 heteroatoms. The molecule has 0 spiro atoms. The van der Waals surface area contributed by atoms with E-state index in [9.17, 15) is 0 Å². The molecule has 128 valence electrons. The van der Waals surface area contributed by atoms with E-state index in [1.807, 2.05) is 36.4 Å². The van der Waals surface area contributed by atoms with Gasteiger partial charge in [-0.1, -0.05) is 12.1 Å². The van der Waals surface area contributed by atoms with Gasteiger partial charge in [-0.3, -0.25) is 4.98 Å². The number of para-hydroxylation sites is 1. The molecule has 0 fully saturated rings. The van der Waals surface area contributed by atoms with Crippen LogP contribution in [0.4, 0.5) is 11.5 Å². The first-order valence-corrected chi connectivity index (χ1v) is 8.64. The number of fused-ring (bicyclic) bond motifs is 1. The monoisotopic (exact) mass is 362 g/mol. The largest absolute Gasteiger partial charge is 0.496 e. The summed E-state index contributed by atoms with van der Waals surface area (Å²) < 4.78 is 9.87. The summed E-state index contributed by atoms with van der Waals surface area (Å²) in [7, 11) is 1.62. The fraction of sp³-hybridized carbons (Fsp3) is 0.0556. The van der Waals surface area contributed by atoms with Gasteiger partial charge in [-0.05, 0) is 24.3 Å². The predicted molar refractivity (Wildman–Crippen MR) is 101 cm³/mol. The van der Waals surface area contributed by atoms with Crippen molar-refractivity contribution < 1.29 is 4.74 Å². The lowest BCUT2D eigenvalue weighted by Gasteiger charge is -2.10. The molecule has 7 nitrogen and oxygen atoms in total. The second kappa shape index (κ2) is 7.32. The zero-order valence-electron chi connectivity index (χ0n) is 13.8. The molecule has 1 aromatic carbocycles. The van der Waals surface area contributed by atoms with E-state index in [-0.39, 0.29) is 0 Å². The number of hydrogen-bond donors (Lipinski definition) is 1. The van der Waals surface area contributed by atoms with E-state index in [1.54, 1.807) is 31.1 Å². The highest BCUT2D eigenvalue weighted by Crippen LogP contribution is 2.26. The summed E-state index contributed by atoms with van der Waals surface area (Å²) in [5, 5.41) is 5.66. The number of nitrogens with one attached hydrogen (secondary N) is 1. The van der Waals surface area contributed by atoms with Crippen LogP contribution in [0.15, 0.2) is 69.8 Å². The molecule has 26 heavy (non-hydrogen) atoms. The minimum Gasteiger partial charge on any atom is -0.496 e. The standard InChI is InChI=1S/C18H14N6OS/c1-25-14-5-3-2-4-13(14)16-22-17(21-12-6-8-19-9-7-12)15-18(23-16)24-26-11-10-20-15/h2-11H,1H3,(H,19,21,22,23,24). The van der Waals surface area contributed by atoms with E-state index in [0.717, 1.165) is 11.3 Å². The van der Waals surface area contributed by atoms with Gasteiger partial charge in [0.2, 0.25) is 0 Å². The van der Waals surface area contributed by atoms with Crippen LogP contribution in [0, 0.1) is 0 Å². The van der Waals surface area contributed by atoms with Crippen LogP contribution in [0.25, 0.3) is 11.4 Å². The highest BCUT2D eigenvalue weighted by molar-refractivity contribution is 8.00. The van der Waals surface area contributed by atoms with Crippen molar-refractivity contribution in [3.63, 3.8) is 0 Å². The van der Waals surface area contributed by atoms with E-state index in [2.05, 4.69) is 29.7 Å². The Labute approximate surface area is 153 Å². The summed E-state index contributed by atoms with van der Waals surface area (Å²) in [6, 6.07) is 11.3.